The van der Waals surface area contributed by atoms with E-state index in [0.717, 1.165) is 0 Å². The lowest BCUT2D eigenvalue weighted by Gasteiger charge is -2.21. The van der Waals surface area contributed by atoms with E-state index in [1.54, 1.807) is 0 Å². The second kappa shape index (κ2) is 4.24. The lowest BCUT2D eigenvalue weighted by atomic mass is 9.94. The Morgan fingerprint density at radius 1 is 1.46 bits per heavy atom. The highest BCUT2D eigenvalue weighted by atomic mass is 19.3. The van der Waals surface area contributed by atoms with Gasteiger partial charge in [0.05, 0.1) is 0 Å². The zero-order chi connectivity index (χ0) is 10.6. The van der Waals surface area contributed by atoms with Gasteiger partial charge in [-0.3, -0.25) is 4.79 Å². The molecule has 76 valence electrons. The van der Waals surface area contributed by atoms with E-state index in [1.165, 1.54) is 0 Å². The SMILES string of the molecule is NCCC(=O)C(N)(C(=O)O)C(F)F. The van der Waals surface area contributed by atoms with Crippen molar-refractivity contribution >= 4 is 11.8 Å². The van der Waals surface area contributed by atoms with Crippen molar-refractivity contribution in [3.05, 3.63) is 0 Å². The predicted molar refractivity (Wildman–Crippen MR) is 39.2 cm³/mol. The summed E-state index contributed by atoms with van der Waals surface area (Å²) in [5, 5.41) is 8.33. The number of halogens is 2. The number of alkyl halides is 2. The van der Waals surface area contributed by atoms with Crippen LogP contribution in [0.5, 0.6) is 0 Å². The van der Waals surface area contributed by atoms with Crippen molar-refractivity contribution in [3.63, 3.8) is 0 Å². The first-order valence-corrected chi connectivity index (χ1v) is 3.41. The summed E-state index contributed by atoms with van der Waals surface area (Å²) in [5.41, 5.74) is 6.55. The fourth-order valence-electron chi connectivity index (χ4n) is 0.672. The van der Waals surface area contributed by atoms with Crippen LogP contribution in [0, 0.1) is 0 Å². The molecule has 0 amide bonds. The van der Waals surface area contributed by atoms with Gasteiger partial charge in [0.2, 0.25) is 5.54 Å². The molecule has 7 heteroatoms. The highest BCUT2D eigenvalue weighted by molar-refractivity contribution is 6.08. The molecule has 0 aliphatic heterocycles. The van der Waals surface area contributed by atoms with Crippen molar-refractivity contribution in [1.82, 2.24) is 0 Å². The van der Waals surface area contributed by atoms with E-state index in [9.17, 15) is 18.4 Å². The molecule has 0 aromatic carbocycles. The monoisotopic (exact) mass is 196 g/mol. The zero-order valence-electron chi connectivity index (χ0n) is 6.67. The van der Waals surface area contributed by atoms with Gasteiger partial charge in [-0.05, 0) is 6.54 Å². The second-order valence-corrected chi connectivity index (χ2v) is 2.44. The largest absolute Gasteiger partial charge is 0.479 e. The topological polar surface area (TPSA) is 106 Å². The molecule has 0 aromatic rings. The van der Waals surface area contributed by atoms with Crippen molar-refractivity contribution in [2.75, 3.05) is 6.54 Å². The molecular formula is C6H10F2N2O3. The lowest BCUT2D eigenvalue weighted by Crippen LogP contribution is -2.60. The third kappa shape index (κ3) is 2.19. The molecule has 5 nitrogen and oxygen atoms in total. The summed E-state index contributed by atoms with van der Waals surface area (Å²) < 4.78 is 24.3. The van der Waals surface area contributed by atoms with Crippen molar-refractivity contribution in [3.8, 4) is 0 Å². The average molecular weight is 196 g/mol. The number of carbonyl (C=O) groups excluding carboxylic acids is 1. The van der Waals surface area contributed by atoms with E-state index in [4.69, 9.17) is 16.6 Å². The van der Waals surface area contributed by atoms with Crippen LogP contribution in [0.3, 0.4) is 0 Å². The molecule has 0 rings (SSSR count). The van der Waals surface area contributed by atoms with E-state index >= 15 is 0 Å². The molecule has 5 N–H and O–H groups in total. The van der Waals surface area contributed by atoms with Crippen molar-refractivity contribution in [2.45, 2.75) is 18.4 Å². The molecule has 0 radical (unpaired) electrons. The minimum Gasteiger partial charge on any atom is -0.479 e. The Morgan fingerprint density at radius 2 is 1.92 bits per heavy atom. The fourth-order valence-corrected chi connectivity index (χ4v) is 0.672. The van der Waals surface area contributed by atoms with Crippen molar-refractivity contribution in [2.24, 2.45) is 11.5 Å². The Morgan fingerprint density at radius 3 is 2.15 bits per heavy atom. The summed E-state index contributed by atoms with van der Waals surface area (Å²) in [5.74, 6) is -3.31. The van der Waals surface area contributed by atoms with Gasteiger partial charge in [-0.2, -0.15) is 0 Å². The van der Waals surface area contributed by atoms with E-state index in [2.05, 4.69) is 0 Å². The van der Waals surface area contributed by atoms with E-state index in [1.807, 2.05) is 0 Å². The van der Waals surface area contributed by atoms with Crippen molar-refractivity contribution in [1.29, 1.82) is 0 Å². The Labute approximate surface area is 72.7 Å². The number of Topliss-reactive ketones (excluding diaryl/α,β-unsaturated/α-hetero) is 1. The maximum absolute atomic E-state index is 12.1. The van der Waals surface area contributed by atoms with Gasteiger partial charge in [0.1, 0.15) is 0 Å². The zero-order valence-corrected chi connectivity index (χ0v) is 6.67. The van der Waals surface area contributed by atoms with Gasteiger partial charge in [-0.25, -0.2) is 13.6 Å². The molecule has 0 bridgehead atoms. The van der Waals surface area contributed by atoms with Crippen LogP contribution < -0.4 is 11.5 Å². The van der Waals surface area contributed by atoms with E-state index in [-0.39, 0.29) is 6.54 Å². The highest BCUT2D eigenvalue weighted by Crippen LogP contribution is 2.15. The van der Waals surface area contributed by atoms with Crippen LogP contribution in [-0.2, 0) is 9.59 Å². The molecule has 1 unspecified atom stereocenters. The van der Waals surface area contributed by atoms with Gasteiger partial charge in [-0.1, -0.05) is 0 Å². The quantitative estimate of drug-likeness (QED) is 0.486. The summed E-state index contributed by atoms with van der Waals surface area (Å²) in [6.07, 6.45) is -3.92. The molecule has 0 spiro atoms. The standard InChI is InChI=1S/C6H10F2N2O3/c7-4(8)6(10,5(12)13)3(11)1-2-9/h4H,1-2,9-10H2,(H,12,13). The summed E-state index contributed by atoms with van der Waals surface area (Å²) >= 11 is 0. The van der Waals surface area contributed by atoms with Gasteiger partial charge in [-0.15, -0.1) is 0 Å². The predicted octanol–water partition coefficient (Wildman–Crippen LogP) is -1.05. The molecule has 0 aliphatic carbocycles. The number of carboxylic acids is 1. The molecule has 0 aliphatic rings. The van der Waals surface area contributed by atoms with Crippen LogP contribution in [0.2, 0.25) is 0 Å². The summed E-state index contributed by atoms with van der Waals surface area (Å²) in [4.78, 5) is 21.2. The normalized spacial score (nSPS) is 15.5. The number of hydrogen-bond acceptors (Lipinski definition) is 4. The minimum absolute atomic E-state index is 0.211. The van der Waals surface area contributed by atoms with Gasteiger partial charge < -0.3 is 16.6 Å². The first kappa shape index (κ1) is 11.9. The maximum atomic E-state index is 12.1. The number of hydrogen-bond donors (Lipinski definition) is 3. The molecule has 0 heterocycles. The third-order valence-corrected chi connectivity index (χ3v) is 1.53. The van der Waals surface area contributed by atoms with Crippen LogP contribution >= 0.6 is 0 Å². The molecule has 0 saturated heterocycles. The van der Waals surface area contributed by atoms with E-state index in [0.29, 0.717) is 0 Å². The molecule has 13 heavy (non-hydrogen) atoms. The Kier molecular flexibility index (Phi) is 3.89. The van der Waals surface area contributed by atoms with Crippen LogP contribution in [0.25, 0.3) is 0 Å². The van der Waals surface area contributed by atoms with Gasteiger partial charge in [0.25, 0.3) is 6.43 Å². The summed E-state index contributed by atoms with van der Waals surface area (Å²) in [6, 6.07) is 0. The Hall–Kier alpha value is -1.08. The van der Waals surface area contributed by atoms with Crippen molar-refractivity contribution < 1.29 is 23.5 Å². The third-order valence-electron chi connectivity index (χ3n) is 1.53. The lowest BCUT2D eigenvalue weighted by molar-refractivity contribution is -0.155. The molecule has 0 saturated carbocycles. The summed E-state index contributed by atoms with van der Waals surface area (Å²) in [6.45, 7) is -0.211. The first-order valence-electron chi connectivity index (χ1n) is 3.41. The molecular weight excluding hydrogens is 186 g/mol. The second-order valence-electron chi connectivity index (χ2n) is 2.44. The van der Waals surface area contributed by atoms with E-state index < -0.39 is 30.1 Å². The number of carbonyl (C=O) groups is 2. The highest BCUT2D eigenvalue weighted by Gasteiger charge is 2.50. The molecule has 0 fully saturated rings. The van der Waals surface area contributed by atoms with Crippen LogP contribution in [0.4, 0.5) is 8.78 Å². The maximum Gasteiger partial charge on any atom is 0.337 e. The van der Waals surface area contributed by atoms with Gasteiger partial charge in [0, 0.05) is 6.42 Å². The number of carboxylic acid groups (broad SMARTS) is 1. The molecule has 0 aromatic heterocycles. The number of ketones is 1. The Balaban J connectivity index is 4.79. The van der Waals surface area contributed by atoms with Crippen LogP contribution in [0.15, 0.2) is 0 Å². The Bertz CT molecular complexity index is 222. The van der Waals surface area contributed by atoms with Gasteiger partial charge >= 0.3 is 5.97 Å². The average Bonchev–Trinajstić information content (AvgIpc) is 2.02. The minimum atomic E-state index is -3.44. The summed E-state index contributed by atoms with van der Waals surface area (Å²) in [7, 11) is 0. The first-order chi connectivity index (χ1) is 5.87. The number of aliphatic carboxylic acids is 1. The van der Waals surface area contributed by atoms with Gasteiger partial charge in [0.15, 0.2) is 5.78 Å². The van der Waals surface area contributed by atoms with Crippen LogP contribution in [0.1, 0.15) is 6.42 Å². The smallest absolute Gasteiger partial charge is 0.337 e. The molecule has 1 atom stereocenters. The number of rotatable bonds is 5. The fraction of sp³-hybridized carbons (Fsp3) is 0.667. The number of nitrogens with two attached hydrogens (primary N) is 2. The van der Waals surface area contributed by atoms with Crippen LogP contribution in [-0.4, -0.2) is 35.4 Å².